The summed E-state index contributed by atoms with van der Waals surface area (Å²) in [4.78, 5) is 31.4. The zero-order valence-electron chi connectivity index (χ0n) is 16.9. The smallest absolute Gasteiger partial charge is 0.407 e. The van der Waals surface area contributed by atoms with E-state index < -0.39 is 18.2 Å². The third kappa shape index (κ3) is 5.29. The molecule has 2 aliphatic heterocycles. The number of nitrogens with one attached hydrogen (secondary N) is 1. The molecule has 0 spiro atoms. The number of nitrogens with zero attached hydrogens (tertiary/aromatic N) is 2. The standard InChI is InChI=1S/C21H26BrN3O4.CH4/c1-13(28-2)19(24-21(27)29-3)20(26)25-10-4-5-18(25)17-11-15(12-23-17)14-6-8-16(22)9-7-14;/h6-9,12-13,18-19H,4-5,10-11H2,1-3H3,(H,24,27);1H4/t13-,18+,19+;/m1./s1. The van der Waals surface area contributed by atoms with Crippen LogP contribution in [0.25, 0.3) is 5.57 Å². The van der Waals surface area contributed by atoms with Crippen molar-refractivity contribution in [2.45, 2.75) is 51.8 Å². The molecule has 2 aliphatic rings. The summed E-state index contributed by atoms with van der Waals surface area (Å²) >= 11 is 3.46. The minimum absolute atomic E-state index is 0. The molecule has 3 atom stereocenters. The van der Waals surface area contributed by atoms with Gasteiger partial charge in [-0.2, -0.15) is 0 Å². The number of amides is 2. The van der Waals surface area contributed by atoms with Gasteiger partial charge in [0.2, 0.25) is 5.91 Å². The second-order valence-electron chi connectivity index (χ2n) is 7.20. The van der Waals surface area contributed by atoms with Crippen LogP contribution in [0, 0.1) is 0 Å². The molecule has 0 saturated carbocycles. The fraction of sp³-hybridized carbons (Fsp3) is 0.500. The Hall–Kier alpha value is -2.19. The second kappa shape index (κ2) is 10.7. The van der Waals surface area contributed by atoms with Gasteiger partial charge in [-0.25, -0.2) is 4.79 Å². The van der Waals surface area contributed by atoms with Crippen molar-refractivity contribution in [1.29, 1.82) is 0 Å². The number of allylic oxidation sites excluding steroid dienone is 1. The summed E-state index contributed by atoms with van der Waals surface area (Å²) in [5.41, 5.74) is 3.25. The fourth-order valence-corrected chi connectivity index (χ4v) is 4.01. The summed E-state index contributed by atoms with van der Waals surface area (Å²) in [6, 6.07) is 7.25. The summed E-state index contributed by atoms with van der Waals surface area (Å²) in [7, 11) is 2.79. The highest BCUT2D eigenvalue weighted by molar-refractivity contribution is 9.10. The summed E-state index contributed by atoms with van der Waals surface area (Å²) in [6.07, 6.45) is 3.23. The molecule has 30 heavy (non-hydrogen) atoms. The summed E-state index contributed by atoms with van der Waals surface area (Å²) in [5.74, 6) is -0.174. The van der Waals surface area contributed by atoms with Gasteiger partial charge >= 0.3 is 6.09 Å². The predicted octanol–water partition coefficient (Wildman–Crippen LogP) is 4.02. The Balaban J connectivity index is 0.00000320. The van der Waals surface area contributed by atoms with Crippen LogP contribution in [0.1, 0.15) is 39.2 Å². The van der Waals surface area contributed by atoms with Crippen LogP contribution in [-0.2, 0) is 14.3 Å². The molecule has 7 nitrogen and oxygen atoms in total. The minimum Gasteiger partial charge on any atom is -0.453 e. The van der Waals surface area contributed by atoms with E-state index in [1.54, 1.807) is 6.92 Å². The molecule has 0 bridgehead atoms. The van der Waals surface area contributed by atoms with Crippen molar-refractivity contribution in [3.8, 4) is 0 Å². The fourth-order valence-electron chi connectivity index (χ4n) is 3.75. The number of methoxy groups -OCH3 is 2. The quantitative estimate of drug-likeness (QED) is 0.667. The van der Waals surface area contributed by atoms with E-state index in [1.807, 2.05) is 23.2 Å². The van der Waals surface area contributed by atoms with Gasteiger partial charge in [0.25, 0.3) is 0 Å². The second-order valence-corrected chi connectivity index (χ2v) is 8.12. The van der Waals surface area contributed by atoms with Gasteiger partial charge in [0.15, 0.2) is 0 Å². The van der Waals surface area contributed by atoms with E-state index in [1.165, 1.54) is 14.2 Å². The minimum atomic E-state index is -0.811. The molecule has 1 aromatic rings. The van der Waals surface area contributed by atoms with Crippen molar-refractivity contribution < 1.29 is 19.1 Å². The van der Waals surface area contributed by atoms with Crippen molar-refractivity contribution in [1.82, 2.24) is 10.2 Å². The Labute approximate surface area is 186 Å². The van der Waals surface area contributed by atoms with Crippen LogP contribution in [0.2, 0.25) is 0 Å². The highest BCUT2D eigenvalue weighted by Gasteiger charge is 2.39. The lowest BCUT2D eigenvalue weighted by atomic mass is 9.98. The normalized spacial score (nSPS) is 20.0. The number of aliphatic imine (C=N–C) groups is 1. The first-order valence-corrected chi connectivity index (χ1v) is 10.4. The molecular weight excluding hydrogens is 450 g/mol. The Morgan fingerprint density at radius 1 is 1.27 bits per heavy atom. The van der Waals surface area contributed by atoms with Gasteiger partial charge in [0.1, 0.15) is 6.04 Å². The number of carbonyl (C=O) groups is 2. The van der Waals surface area contributed by atoms with Crippen LogP contribution < -0.4 is 5.32 Å². The van der Waals surface area contributed by atoms with Crippen molar-refractivity contribution in [3.05, 3.63) is 40.5 Å². The number of alkyl carbamates (subject to hydrolysis) is 1. The third-order valence-corrected chi connectivity index (χ3v) is 5.99. The Morgan fingerprint density at radius 3 is 2.60 bits per heavy atom. The van der Waals surface area contributed by atoms with Gasteiger partial charge in [-0.05, 0) is 43.0 Å². The summed E-state index contributed by atoms with van der Waals surface area (Å²) in [6.45, 7) is 2.38. The Bertz CT molecular complexity index is 822. The number of hydrogen-bond donors (Lipinski definition) is 1. The van der Waals surface area contributed by atoms with E-state index in [0.29, 0.717) is 13.0 Å². The van der Waals surface area contributed by atoms with Crippen LogP contribution >= 0.6 is 15.9 Å². The average molecular weight is 480 g/mol. The topological polar surface area (TPSA) is 80.2 Å². The van der Waals surface area contributed by atoms with Gasteiger partial charge in [-0.1, -0.05) is 35.5 Å². The molecule has 8 heteroatoms. The van der Waals surface area contributed by atoms with E-state index in [2.05, 4.69) is 43.1 Å². The number of ether oxygens (including phenoxy) is 2. The highest BCUT2D eigenvalue weighted by atomic mass is 79.9. The number of hydrogen-bond acceptors (Lipinski definition) is 5. The van der Waals surface area contributed by atoms with E-state index in [4.69, 9.17) is 4.74 Å². The van der Waals surface area contributed by atoms with Gasteiger partial charge in [-0.3, -0.25) is 9.79 Å². The molecule has 0 unspecified atom stereocenters. The molecule has 3 rings (SSSR count). The maximum absolute atomic E-state index is 13.3. The molecule has 1 N–H and O–H groups in total. The van der Waals surface area contributed by atoms with Crippen LogP contribution in [0.3, 0.4) is 0 Å². The maximum Gasteiger partial charge on any atom is 0.407 e. The van der Waals surface area contributed by atoms with E-state index in [9.17, 15) is 9.59 Å². The van der Waals surface area contributed by atoms with Crippen LogP contribution in [0.15, 0.2) is 39.9 Å². The van der Waals surface area contributed by atoms with Gasteiger partial charge in [-0.15, -0.1) is 0 Å². The molecular formula is C22H30BrN3O4. The van der Waals surface area contributed by atoms with E-state index >= 15 is 0 Å². The lowest BCUT2D eigenvalue weighted by Gasteiger charge is -2.31. The monoisotopic (exact) mass is 479 g/mol. The molecule has 0 aliphatic carbocycles. The SMILES string of the molecule is C.COC(=O)N[C@H](C(=O)N1CCC[C@H]1C1=NC=C(c2ccc(Br)cc2)C1)[C@@H](C)OC. The molecule has 164 valence electrons. The van der Waals surface area contributed by atoms with Gasteiger partial charge in [0, 0.05) is 36.5 Å². The molecule has 2 amide bonds. The predicted molar refractivity (Wildman–Crippen MR) is 121 cm³/mol. The summed E-state index contributed by atoms with van der Waals surface area (Å²) < 4.78 is 11.0. The zero-order valence-corrected chi connectivity index (χ0v) is 18.4. The van der Waals surface area contributed by atoms with E-state index in [-0.39, 0.29) is 19.4 Å². The van der Waals surface area contributed by atoms with Crippen molar-refractivity contribution in [2.24, 2.45) is 4.99 Å². The van der Waals surface area contributed by atoms with Crippen molar-refractivity contribution in [3.63, 3.8) is 0 Å². The first-order valence-electron chi connectivity index (χ1n) is 9.64. The van der Waals surface area contributed by atoms with E-state index in [0.717, 1.165) is 34.2 Å². The third-order valence-electron chi connectivity index (χ3n) is 5.46. The van der Waals surface area contributed by atoms with Crippen molar-refractivity contribution >= 4 is 39.2 Å². The first-order chi connectivity index (χ1) is 13.9. The molecule has 0 radical (unpaired) electrons. The average Bonchev–Trinajstić information content (AvgIpc) is 3.40. The molecule has 2 heterocycles. The number of likely N-dealkylation sites (tertiary alicyclic amines) is 1. The van der Waals surface area contributed by atoms with Crippen LogP contribution in [0.4, 0.5) is 4.79 Å². The molecule has 1 aromatic carbocycles. The molecule has 1 fully saturated rings. The van der Waals surface area contributed by atoms with Crippen LogP contribution in [0.5, 0.6) is 0 Å². The highest BCUT2D eigenvalue weighted by Crippen LogP contribution is 2.30. The lowest BCUT2D eigenvalue weighted by molar-refractivity contribution is -0.136. The number of carbonyl (C=O) groups excluding carboxylic acids is 2. The Morgan fingerprint density at radius 2 is 1.97 bits per heavy atom. The van der Waals surface area contributed by atoms with Gasteiger partial charge in [0.05, 0.1) is 19.3 Å². The van der Waals surface area contributed by atoms with Crippen molar-refractivity contribution in [2.75, 3.05) is 20.8 Å². The lowest BCUT2D eigenvalue weighted by Crippen LogP contribution is -2.56. The molecule has 0 aromatic heterocycles. The maximum atomic E-state index is 13.3. The first kappa shape index (κ1) is 24.1. The van der Waals surface area contributed by atoms with Gasteiger partial charge < -0.3 is 19.7 Å². The molecule has 1 saturated heterocycles. The number of halogens is 1. The number of rotatable bonds is 6. The number of benzene rings is 1. The summed E-state index contributed by atoms with van der Waals surface area (Å²) in [5, 5.41) is 2.61. The largest absolute Gasteiger partial charge is 0.453 e. The zero-order chi connectivity index (χ0) is 21.0. The Kier molecular flexibility index (Phi) is 8.61. The van der Waals surface area contributed by atoms with Crippen LogP contribution in [-0.4, -0.2) is 61.6 Å².